The van der Waals surface area contributed by atoms with Crippen molar-refractivity contribution in [1.29, 1.82) is 0 Å². The number of carbonyl (C=O) groups is 2. The number of amides is 1. The van der Waals surface area contributed by atoms with E-state index in [4.69, 9.17) is 9.84 Å². The fourth-order valence-corrected chi connectivity index (χ4v) is 3.78. The molecule has 0 aromatic heterocycles. The molecule has 2 aliphatic rings. The van der Waals surface area contributed by atoms with Gasteiger partial charge < -0.3 is 15.2 Å². The lowest BCUT2D eigenvalue weighted by atomic mass is 9.66. The lowest BCUT2D eigenvalue weighted by Crippen LogP contribution is -2.56. The van der Waals surface area contributed by atoms with Gasteiger partial charge in [0, 0.05) is 18.2 Å². The molecule has 5 nitrogen and oxygen atoms in total. The summed E-state index contributed by atoms with van der Waals surface area (Å²) in [4.78, 5) is 23.5. The van der Waals surface area contributed by atoms with Crippen molar-refractivity contribution in [2.24, 2.45) is 5.92 Å². The van der Waals surface area contributed by atoms with E-state index in [0.717, 1.165) is 17.5 Å². The van der Waals surface area contributed by atoms with Gasteiger partial charge in [0.05, 0.1) is 11.5 Å². The summed E-state index contributed by atoms with van der Waals surface area (Å²) in [5, 5.41) is 12.1. The van der Waals surface area contributed by atoms with Crippen LogP contribution < -0.4 is 5.32 Å². The van der Waals surface area contributed by atoms with Gasteiger partial charge in [0.2, 0.25) is 0 Å². The standard InChI is InChI=1S/C18H23NO4/c1-11-3-4-15(12(2)7-11)16(20)19-14-5-6-23-18(10-14)8-13(9-18)17(21)22/h3-4,7,13-14H,5-6,8-10H2,1-2H3,(H,19,20)(H,21,22). The molecule has 1 aliphatic carbocycles. The van der Waals surface area contributed by atoms with E-state index in [0.29, 0.717) is 31.4 Å². The number of rotatable bonds is 3. The van der Waals surface area contributed by atoms with Crippen LogP contribution in [0, 0.1) is 19.8 Å². The third kappa shape index (κ3) is 3.24. The third-order valence-electron chi connectivity index (χ3n) is 5.04. The molecule has 5 heteroatoms. The molecule has 23 heavy (non-hydrogen) atoms. The van der Waals surface area contributed by atoms with Gasteiger partial charge in [-0.25, -0.2) is 0 Å². The molecule has 1 atom stereocenters. The minimum absolute atomic E-state index is 0.0479. The Labute approximate surface area is 136 Å². The van der Waals surface area contributed by atoms with Crippen molar-refractivity contribution >= 4 is 11.9 Å². The SMILES string of the molecule is Cc1ccc(C(=O)NC2CCOC3(C2)CC(C(=O)O)C3)c(C)c1. The summed E-state index contributed by atoms with van der Waals surface area (Å²) < 4.78 is 5.82. The summed E-state index contributed by atoms with van der Waals surface area (Å²) in [6, 6.07) is 5.85. The molecule has 0 bridgehead atoms. The monoisotopic (exact) mass is 317 g/mol. The minimum atomic E-state index is -0.749. The first-order valence-electron chi connectivity index (χ1n) is 8.13. The van der Waals surface area contributed by atoms with Crippen molar-refractivity contribution in [2.45, 2.75) is 51.2 Å². The Hall–Kier alpha value is -1.88. The molecule has 1 aromatic rings. The van der Waals surface area contributed by atoms with E-state index in [1.165, 1.54) is 0 Å². The molecule has 1 amide bonds. The maximum Gasteiger partial charge on any atom is 0.306 e. The Bertz CT molecular complexity index is 634. The lowest BCUT2D eigenvalue weighted by molar-refractivity contribution is -0.181. The summed E-state index contributed by atoms with van der Waals surface area (Å²) in [5.41, 5.74) is 2.46. The topological polar surface area (TPSA) is 75.6 Å². The number of ether oxygens (including phenoxy) is 1. The highest BCUT2D eigenvalue weighted by molar-refractivity contribution is 5.95. The summed E-state index contributed by atoms with van der Waals surface area (Å²) in [6.45, 7) is 4.52. The van der Waals surface area contributed by atoms with E-state index in [1.807, 2.05) is 32.0 Å². The summed E-state index contributed by atoms with van der Waals surface area (Å²) in [6.07, 6.45) is 2.58. The van der Waals surface area contributed by atoms with Gasteiger partial charge in [-0.15, -0.1) is 0 Å². The second-order valence-electron chi connectivity index (χ2n) is 6.96. The van der Waals surface area contributed by atoms with Crippen LogP contribution >= 0.6 is 0 Å². The van der Waals surface area contributed by atoms with E-state index in [1.54, 1.807) is 0 Å². The summed E-state index contributed by atoms with van der Waals surface area (Å²) in [5.74, 6) is -1.11. The smallest absolute Gasteiger partial charge is 0.306 e. The Balaban J connectivity index is 1.62. The molecule has 2 fully saturated rings. The van der Waals surface area contributed by atoms with Crippen LogP contribution in [0.4, 0.5) is 0 Å². The fraction of sp³-hybridized carbons (Fsp3) is 0.556. The number of carboxylic acids is 1. The fourth-order valence-electron chi connectivity index (χ4n) is 3.78. The molecule has 124 valence electrons. The zero-order valence-electron chi connectivity index (χ0n) is 13.6. The van der Waals surface area contributed by atoms with E-state index in [9.17, 15) is 9.59 Å². The van der Waals surface area contributed by atoms with E-state index < -0.39 is 5.97 Å². The first kappa shape index (κ1) is 16.0. The van der Waals surface area contributed by atoms with Gasteiger partial charge in [-0.3, -0.25) is 9.59 Å². The lowest BCUT2D eigenvalue weighted by Gasteiger charge is -2.50. The van der Waals surface area contributed by atoms with Crippen LogP contribution in [0.15, 0.2) is 18.2 Å². The molecule has 3 rings (SSSR count). The van der Waals surface area contributed by atoms with Crippen LogP contribution in [0.2, 0.25) is 0 Å². The van der Waals surface area contributed by atoms with Crippen molar-refractivity contribution in [2.75, 3.05) is 6.61 Å². The molecule has 1 heterocycles. The molecule has 1 aliphatic heterocycles. The number of hydrogen-bond donors (Lipinski definition) is 2. The van der Waals surface area contributed by atoms with Crippen LogP contribution in [-0.2, 0) is 9.53 Å². The van der Waals surface area contributed by atoms with E-state index in [2.05, 4.69) is 5.32 Å². The predicted molar refractivity (Wildman–Crippen MR) is 85.4 cm³/mol. The predicted octanol–water partition coefficient (Wildman–Crippen LogP) is 2.45. The molecular weight excluding hydrogens is 294 g/mol. The van der Waals surface area contributed by atoms with Crippen molar-refractivity contribution in [1.82, 2.24) is 5.32 Å². The number of hydrogen-bond acceptors (Lipinski definition) is 3. The largest absolute Gasteiger partial charge is 0.481 e. The quantitative estimate of drug-likeness (QED) is 0.898. The average Bonchev–Trinajstić information content (AvgIpc) is 2.44. The number of aliphatic carboxylic acids is 1. The van der Waals surface area contributed by atoms with Gasteiger partial charge in [-0.2, -0.15) is 0 Å². The normalized spacial score (nSPS) is 29.8. The zero-order chi connectivity index (χ0) is 16.6. The number of carboxylic acid groups (broad SMARTS) is 1. The highest BCUT2D eigenvalue weighted by atomic mass is 16.5. The molecule has 1 spiro atoms. The molecule has 0 radical (unpaired) electrons. The van der Waals surface area contributed by atoms with Crippen LogP contribution in [0.3, 0.4) is 0 Å². The average molecular weight is 317 g/mol. The Morgan fingerprint density at radius 3 is 2.65 bits per heavy atom. The highest BCUT2D eigenvalue weighted by Gasteiger charge is 2.51. The van der Waals surface area contributed by atoms with Crippen LogP contribution in [0.25, 0.3) is 0 Å². The Morgan fingerprint density at radius 2 is 2.00 bits per heavy atom. The number of benzene rings is 1. The van der Waals surface area contributed by atoms with E-state index in [-0.39, 0.29) is 23.5 Å². The van der Waals surface area contributed by atoms with Gasteiger partial charge in [0.1, 0.15) is 0 Å². The molecule has 1 saturated carbocycles. The second-order valence-corrected chi connectivity index (χ2v) is 6.96. The van der Waals surface area contributed by atoms with Gasteiger partial charge in [-0.1, -0.05) is 17.7 Å². The number of carbonyl (C=O) groups excluding carboxylic acids is 1. The summed E-state index contributed by atoms with van der Waals surface area (Å²) in [7, 11) is 0. The van der Waals surface area contributed by atoms with Crippen LogP contribution in [0.1, 0.15) is 47.2 Å². The molecule has 1 unspecified atom stereocenters. The summed E-state index contributed by atoms with van der Waals surface area (Å²) >= 11 is 0. The molecule has 2 N–H and O–H groups in total. The van der Waals surface area contributed by atoms with Gasteiger partial charge in [0.15, 0.2) is 0 Å². The molecule has 1 aromatic carbocycles. The maximum absolute atomic E-state index is 12.5. The van der Waals surface area contributed by atoms with Gasteiger partial charge in [-0.05, 0) is 51.2 Å². The van der Waals surface area contributed by atoms with Crippen LogP contribution in [0.5, 0.6) is 0 Å². The van der Waals surface area contributed by atoms with Gasteiger partial charge >= 0.3 is 5.97 Å². The van der Waals surface area contributed by atoms with Crippen LogP contribution in [-0.4, -0.2) is 35.2 Å². The Morgan fingerprint density at radius 1 is 1.26 bits per heavy atom. The van der Waals surface area contributed by atoms with Crippen molar-refractivity contribution in [3.63, 3.8) is 0 Å². The maximum atomic E-state index is 12.5. The minimum Gasteiger partial charge on any atom is -0.481 e. The second kappa shape index (κ2) is 5.96. The Kier molecular flexibility index (Phi) is 4.15. The van der Waals surface area contributed by atoms with Crippen molar-refractivity contribution in [3.05, 3.63) is 34.9 Å². The number of aryl methyl sites for hydroxylation is 2. The third-order valence-corrected chi connectivity index (χ3v) is 5.04. The first-order valence-corrected chi connectivity index (χ1v) is 8.13. The number of nitrogens with one attached hydrogen (secondary N) is 1. The zero-order valence-corrected chi connectivity index (χ0v) is 13.6. The molecule has 1 saturated heterocycles. The highest BCUT2D eigenvalue weighted by Crippen LogP contribution is 2.46. The van der Waals surface area contributed by atoms with Crippen molar-refractivity contribution in [3.8, 4) is 0 Å². The first-order chi connectivity index (χ1) is 10.9. The molecular formula is C18H23NO4. The van der Waals surface area contributed by atoms with Crippen molar-refractivity contribution < 1.29 is 19.4 Å². The van der Waals surface area contributed by atoms with E-state index >= 15 is 0 Å². The van der Waals surface area contributed by atoms with Gasteiger partial charge in [0.25, 0.3) is 5.91 Å².